The van der Waals surface area contributed by atoms with Crippen LogP contribution in [-0.2, 0) is 0 Å². The lowest BCUT2D eigenvalue weighted by Crippen LogP contribution is -2.50. The fraction of sp³-hybridized carbons (Fsp3) is 1.00. The third-order valence-corrected chi connectivity index (χ3v) is 3.16. The molecule has 66 valence electrons. The first-order chi connectivity index (χ1) is 5.29. The molecule has 1 unspecified atom stereocenters. The highest BCUT2D eigenvalue weighted by Gasteiger charge is 2.41. The minimum atomic E-state index is 0.226. The van der Waals surface area contributed by atoms with Gasteiger partial charge in [0.05, 0.1) is 6.61 Å². The van der Waals surface area contributed by atoms with E-state index in [0.717, 1.165) is 6.42 Å². The summed E-state index contributed by atoms with van der Waals surface area (Å²) in [7, 11) is 1.99. The van der Waals surface area contributed by atoms with E-state index in [0.29, 0.717) is 12.6 Å². The van der Waals surface area contributed by atoms with Crippen LogP contribution < -0.4 is 5.32 Å². The van der Waals surface area contributed by atoms with E-state index in [1.54, 1.807) is 0 Å². The summed E-state index contributed by atoms with van der Waals surface area (Å²) in [5.41, 5.74) is 0.226. The smallest absolute Gasteiger partial charge is 0.0502 e. The van der Waals surface area contributed by atoms with Gasteiger partial charge < -0.3 is 10.4 Å². The summed E-state index contributed by atoms with van der Waals surface area (Å²) in [5, 5.41) is 12.5. The summed E-state index contributed by atoms with van der Waals surface area (Å²) in [6.07, 6.45) is 4.81. The van der Waals surface area contributed by atoms with Crippen LogP contribution in [0.5, 0.6) is 0 Å². The molecule has 0 spiro atoms. The lowest BCUT2D eigenvalue weighted by atomic mass is 9.64. The van der Waals surface area contributed by atoms with Gasteiger partial charge in [-0.25, -0.2) is 0 Å². The molecule has 0 aromatic heterocycles. The Morgan fingerprint density at radius 2 is 2.18 bits per heavy atom. The molecule has 2 N–H and O–H groups in total. The topological polar surface area (TPSA) is 32.3 Å². The van der Waals surface area contributed by atoms with Gasteiger partial charge in [-0.3, -0.25) is 0 Å². The minimum absolute atomic E-state index is 0.226. The van der Waals surface area contributed by atoms with Crippen molar-refractivity contribution < 1.29 is 5.11 Å². The predicted octanol–water partition coefficient (Wildman–Crippen LogP) is 1.15. The summed E-state index contributed by atoms with van der Waals surface area (Å²) in [4.78, 5) is 0. The molecule has 1 aliphatic rings. The second kappa shape index (κ2) is 3.55. The Labute approximate surface area is 69.0 Å². The maximum Gasteiger partial charge on any atom is 0.0502 e. The Kier molecular flexibility index (Phi) is 2.90. The van der Waals surface area contributed by atoms with Crippen molar-refractivity contribution in [2.45, 2.75) is 38.6 Å². The molecule has 0 saturated heterocycles. The number of aliphatic hydroxyl groups is 1. The lowest BCUT2D eigenvalue weighted by Gasteiger charge is -2.46. The molecule has 1 saturated carbocycles. The maximum atomic E-state index is 9.23. The van der Waals surface area contributed by atoms with Crippen LogP contribution in [0.15, 0.2) is 0 Å². The molecule has 0 aromatic carbocycles. The molecule has 11 heavy (non-hydrogen) atoms. The van der Waals surface area contributed by atoms with E-state index in [4.69, 9.17) is 0 Å². The second-order valence-electron chi connectivity index (χ2n) is 3.62. The van der Waals surface area contributed by atoms with Gasteiger partial charge in [0, 0.05) is 11.5 Å². The summed E-state index contributed by atoms with van der Waals surface area (Å²) in [6, 6.07) is 0.515. The predicted molar refractivity (Wildman–Crippen MR) is 46.5 cm³/mol. The van der Waals surface area contributed by atoms with Gasteiger partial charge in [0.2, 0.25) is 0 Å². The average Bonchev–Trinajstić information content (AvgIpc) is 1.96. The lowest BCUT2D eigenvalue weighted by molar-refractivity contribution is 0.00756. The first kappa shape index (κ1) is 9.01. The quantitative estimate of drug-likeness (QED) is 0.641. The highest BCUT2D eigenvalue weighted by atomic mass is 16.3. The van der Waals surface area contributed by atoms with Gasteiger partial charge in [0.15, 0.2) is 0 Å². The van der Waals surface area contributed by atoms with E-state index >= 15 is 0 Å². The van der Waals surface area contributed by atoms with Crippen LogP contribution in [0, 0.1) is 5.41 Å². The molecule has 2 nitrogen and oxygen atoms in total. The van der Waals surface area contributed by atoms with Crippen molar-refractivity contribution in [1.82, 2.24) is 5.32 Å². The zero-order chi connectivity index (χ0) is 8.32. The Morgan fingerprint density at radius 1 is 1.55 bits per heavy atom. The fourth-order valence-electron chi connectivity index (χ4n) is 2.19. The van der Waals surface area contributed by atoms with Crippen molar-refractivity contribution >= 4 is 0 Å². The van der Waals surface area contributed by atoms with Crippen molar-refractivity contribution in [2.24, 2.45) is 5.41 Å². The van der Waals surface area contributed by atoms with Gasteiger partial charge in [0.1, 0.15) is 0 Å². The number of aliphatic hydroxyl groups excluding tert-OH is 1. The van der Waals surface area contributed by atoms with Crippen LogP contribution in [0.3, 0.4) is 0 Å². The van der Waals surface area contributed by atoms with E-state index in [1.807, 2.05) is 7.05 Å². The Morgan fingerprint density at radius 3 is 2.27 bits per heavy atom. The third-order valence-electron chi connectivity index (χ3n) is 3.16. The van der Waals surface area contributed by atoms with E-state index < -0.39 is 0 Å². The SMILES string of the molecule is CCC(NC)C1(CO)CCC1. The van der Waals surface area contributed by atoms with Crippen LogP contribution in [0.2, 0.25) is 0 Å². The molecule has 0 bridgehead atoms. The van der Waals surface area contributed by atoms with Gasteiger partial charge in [0.25, 0.3) is 0 Å². The fourth-order valence-corrected chi connectivity index (χ4v) is 2.19. The number of rotatable bonds is 4. The van der Waals surface area contributed by atoms with E-state index in [-0.39, 0.29) is 5.41 Å². The molecule has 0 amide bonds. The van der Waals surface area contributed by atoms with E-state index in [2.05, 4.69) is 12.2 Å². The number of hydrogen-bond acceptors (Lipinski definition) is 2. The normalized spacial score (nSPS) is 24.3. The van der Waals surface area contributed by atoms with Gasteiger partial charge in [-0.05, 0) is 26.3 Å². The van der Waals surface area contributed by atoms with Crippen LogP contribution in [-0.4, -0.2) is 24.8 Å². The van der Waals surface area contributed by atoms with Gasteiger partial charge in [-0.2, -0.15) is 0 Å². The molecule has 1 rings (SSSR count). The summed E-state index contributed by atoms with van der Waals surface area (Å²) in [6.45, 7) is 2.53. The van der Waals surface area contributed by atoms with Crippen LogP contribution >= 0.6 is 0 Å². The van der Waals surface area contributed by atoms with Gasteiger partial charge in [-0.1, -0.05) is 13.3 Å². The maximum absolute atomic E-state index is 9.23. The molecule has 1 atom stereocenters. The highest BCUT2D eigenvalue weighted by molar-refractivity contribution is 4.95. The van der Waals surface area contributed by atoms with E-state index in [1.165, 1.54) is 19.3 Å². The number of hydrogen-bond donors (Lipinski definition) is 2. The average molecular weight is 157 g/mol. The molecule has 0 aliphatic heterocycles. The van der Waals surface area contributed by atoms with Crippen molar-refractivity contribution in [3.63, 3.8) is 0 Å². The van der Waals surface area contributed by atoms with Gasteiger partial charge >= 0.3 is 0 Å². The molecule has 0 heterocycles. The van der Waals surface area contributed by atoms with Crippen molar-refractivity contribution in [3.05, 3.63) is 0 Å². The molecule has 0 aromatic rings. The Hall–Kier alpha value is -0.0800. The zero-order valence-corrected chi connectivity index (χ0v) is 7.56. The minimum Gasteiger partial charge on any atom is -0.396 e. The Bertz CT molecular complexity index is 111. The number of nitrogens with one attached hydrogen (secondary N) is 1. The summed E-state index contributed by atoms with van der Waals surface area (Å²) < 4.78 is 0. The van der Waals surface area contributed by atoms with Crippen LogP contribution in [0.1, 0.15) is 32.6 Å². The molecule has 0 radical (unpaired) electrons. The monoisotopic (exact) mass is 157 g/mol. The molecule has 2 heteroatoms. The molecule has 1 aliphatic carbocycles. The largest absolute Gasteiger partial charge is 0.396 e. The highest BCUT2D eigenvalue weighted by Crippen LogP contribution is 2.44. The van der Waals surface area contributed by atoms with Crippen molar-refractivity contribution in [2.75, 3.05) is 13.7 Å². The molecular weight excluding hydrogens is 138 g/mol. The summed E-state index contributed by atoms with van der Waals surface area (Å²) >= 11 is 0. The van der Waals surface area contributed by atoms with Gasteiger partial charge in [-0.15, -0.1) is 0 Å². The van der Waals surface area contributed by atoms with E-state index in [9.17, 15) is 5.11 Å². The zero-order valence-electron chi connectivity index (χ0n) is 7.56. The molecular formula is C9H19NO. The third kappa shape index (κ3) is 1.42. The van der Waals surface area contributed by atoms with Crippen molar-refractivity contribution in [1.29, 1.82) is 0 Å². The first-order valence-electron chi connectivity index (χ1n) is 4.57. The first-order valence-corrected chi connectivity index (χ1v) is 4.57. The second-order valence-corrected chi connectivity index (χ2v) is 3.62. The van der Waals surface area contributed by atoms with Crippen LogP contribution in [0.25, 0.3) is 0 Å². The standard InChI is InChI=1S/C9H19NO/c1-3-8(10-2)9(7-11)5-4-6-9/h8,10-11H,3-7H2,1-2H3. The molecule has 1 fully saturated rings. The Balaban J connectivity index is 2.51. The van der Waals surface area contributed by atoms with Crippen molar-refractivity contribution in [3.8, 4) is 0 Å². The van der Waals surface area contributed by atoms with Crippen LogP contribution in [0.4, 0.5) is 0 Å². The summed E-state index contributed by atoms with van der Waals surface area (Å²) in [5.74, 6) is 0.